The molecule has 1 aromatic carbocycles. The Morgan fingerprint density at radius 2 is 1.80 bits per heavy atom. The second-order valence-corrected chi connectivity index (χ2v) is 8.94. The fourth-order valence-electron chi connectivity index (χ4n) is 4.74. The number of methoxy groups -OCH3 is 1. The van der Waals surface area contributed by atoms with Gasteiger partial charge in [-0.05, 0) is 55.5 Å². The standard InChI is InChI=1S/C23H36N2O5/c1-27-22-14-19(15-25-9-12-28-13-10-25)2-3-21(22)30-17-20(26)16-24-7-4-23(5-8-24)6-11-29-18-23/h2-3,14,20,26H,4-13,15-18H2,1H3. The van der Waals surface area contributed by atoms with Crippen LogP contribution in [-0.4, -0.2) is 93.9 Å². The van der Waals surface area contributed by atoms with Crippen molar-refractivity contribution in [2.75, 3.05) is 72.9 Å². The summed E-state index contributed by atoms with van der Waals surface area (Å²) in [6.45, 7) is 9.17. The normalized spacial score (nSPS) is 23.5. The molecule has 1 atom stereocenters. The number of benzene rings is 1. The molecular formula is C23H36N2O5. The molecule has 0 radical (unpaired) electrons. The van der Waals surface area contributed by atoms with Gasteiger partial charge >= 0.3 is 0 Å². The molecule has 7 nitrogen and oxygen atoms in total. The number of nitrogens with zero attached hydrogens (tertiary/aromatic N) is 2. The third-order valence-electron chi connectivity index (χ3n) is 6.74. The number of aliphatic hydroxyl groups is 1. The van der Waals surface area contributed by atoms with Crippen LogP contribution in [0.2, 0.25) is 0 Å². The van der Waals surface area contributed by atoms with E-state index in [2.05, 4.69) is 15.9 Å². The summed E-state index contributed by atoms with van der Waals surface area (Å²) < 4.78 is 22.5. The molecule has 0 saturated carbocycles. The molecule has 1 unspecified atom stereocenters. The molecule has 1 spiro atoms. The molecule has 1 aromatic rings. The van der Waals surface area contributed by atoms with E-state index < -0.39 is 6.10 Å². The van der Waals surface area contributed by atoms with E-state index in [9.17, 15) is 5.11 Å². The highest BCUT2D eigenvalue weighted by Crippen LogP contribution is 2.39. The lowest BCUT2D eigenvalue weighted by Crippen LogP contribution is -2.44. The minimum absolute atomic E-state index is 0.268. The largest absolute Gasteiger partial charge is 0.493 e. The summed E-state index contributed by atoms with van der Waals surface area (Å²) in [5.41, 5.74) is 1.59. The number of β-amino-alcohol motifs (C(OH)–C–C–N with tert-alkyl or cyclic N) is 1. The fraction of sp³-hybridized carbons (Fsp3) is 0.739. The molecule has 30 heavy (non-hydrogen) atoms. The van der Waals surface area contributed by atoms with Gasteiger partial charge in [-0.25, -0.2) is 0 Å². The van der Waals surface area contributed by atoms with Gasteiger partial charge in [0.2, 0.25) is 0 Å². The average molecular weight is 421 g/mol. The van der Waals surface area contributed by atoms with Crippen molar-refractivity contribution >= 4 is 0 Å². The summed E-state index contributed by atoms with van der Waals surface area (Å²) in [7, 11) is 1.66. The topological polar surface area (TPSA) is 63.6 Å². The van der Waals surface area contributed by atoms with Crippen LogP contribution in [0, 0.1) is 5.41 Å². The number of rotatable bonds is 8. The Morgan fingerprint density at radius 3 is 2.50 bits per heavy atom. The minimum atomic E-state index is -0.517. The van der Waals surface area contributed by atoms with Gasteiger partial charge in [-0.3, -0.25) is 4.90 Å². The maximum Gasteiger partial charge on any atom is 0.161 e. The highest BCUT2D eigenvalue weighted by Gasteiger charge is 2.38. The number of hydrogen-bond donors (Lipinski definition) is 1. The maximum absolute atomic E-state index is 10.5. The first kappa shape index (κ1) is 21.8. The lowest BCUT2D eigenvalue weighted by atomic mass is 9.78. The number of piperidine rings is 1. The lowest BCUT2D eigenvalue weighted by molar-refractivity contribution is 0.0314. The molecule has 3 aliphatic heterocycles. The Bertz CT molecular complexity index is 664. The smallest absolute Gasteiger partial charge is 0.161 e. The van der Waals surface area contributed by atoms with Gasteiger partial charge in [0, 0.05) is 32.8 Å². The van der Waals surface area contributed by atoms with Gasteiger partial charge in [-0.2, -0.15) is 0 Å². The summed E-state index contributed by atoms with van der Waals surface area (Å²) in [6, 6.07) is 6.06. The van der Waals surface area contributed by atoms with Crippen molar-refractivity contribution < 1.29 is 24.1 Å². The van der Waals surface area contributed by atoms with Gasteiger partial charge < -0.3 is 29.0 Å². The van der Waals surface area contributed by atoms with Gasteiger partial charge in [0.05, 0.1) is 26.9 Å². The zero-order chi connectivity index (χ0) is 20.8. The Kier molecular flexibility index (Phi) is 7.49. The number of aliphatic hydroxyl groups excluding tert-OH is 1. The second kappa shape index (κ2) is 10.3. The molecule has 0 aliphatic carbocycles. The first-order valence-electron chi connectivity index (χ1n) is 11.2. The van der Waals surface area contributed by atoms with E-state index in [0.29, 0.717) is 23.5 Å². The molecule has 0 bridgehead atoms. The minimum Gasteiger partial charge on any atom is -0.493 e. The Hall–Kier alpha value is -1.38. The third-order valence-corrected chi connectivity index (χ3v) is 6.74. The van der Waals surface area contributed by atoms with Crippen LogP contribution in [-0.2, 0) is 16.0 Å². The molecule has 4 rings (SSSR count). The fourth-order valence-corrected chi connectivity index (χ4v) is 4.74. The van der Waals surface area contributed by atoms with E-state index in [0.717, 1.165) is 59.2 Å². The maximum atomic E-state index is 10.5. The SMILES string of the molecule is COc1cc(CN2CCOCC2)ccc1OCC(O)CN1CCC2(CCOC2)CC1. The van der Waals surface area contributed by atoms with Gasteiger partial charge in [-0.15, -0.1) is 0 Å². The second-order valence-electron chi connectivity index (χ2n) is 8.94. The molecule has 7 heteroatoms. The van der Waals surface area contributed by atoms with Gasteiger partial charge in [0.25, 0.3) is 0 Å². The molecular weight excluding hydrogens is 384 g/mol. The Morgan fingerprint density at radius 1 is 1.00 bits per heavy atom. The summed E-state index contributed by atoms with van der Waals surface area (Å²) in [5.74, 6) is 1.40. The first-order chi connectivity index (χ1) is 14.7. The molecule has 0 aromatic heterocycles. The molecule has 3 fully saturated rings. The molecule has 0 amide bonds. The van der Waals surface area contributed by atoms with Crippen LogP contribution < -0.4 is 9.47 Å². The first-order valence-corrected chi connectivity index (χ1v) is 11.2. The van der Waals surface area contributed by atoms with Crippen molar-refractivity contribution in [1.82, 2.24) is 9.80 Å². The predicted octanol–water partition coefficient (Wildman–Crippen LogP) is 1.77. The number of ether oxygens (including phenoxy) is 4. The van der Waals surface area contributed by atoms with Crippen LogP contribution in [0.25, 0.3) is 0 Å². The van der Waals surface area contributed by atoms with Crippen LogP contribution in [0.3, 0.4) is 0 Å². The summed E-state index contributed by atoms with van der Waals surface area (Å²) in [6.07, 6.45) is 3.00. The van der Waals surface area contributed by atoms with Crippen molar-refractivity contribution in [2.24, 2.45) is 5.41 Å². The molecule has 3 saturated heterocycles. The van der Waals surface area contributed by atoms with Crippen molar-refractivity contribution in [3.8, 4) is 11.5 Å². The van der Waals surface area contributed by atoms with Crippen molar-refractivity contribution in [3.63, 3.8) is 0 Å². The van der Waals surface area contributed by atoms with E-state index in [-0.39, 0.29) is 6.61 Å². The molecule has 3 aliphatic rings. The van der Waals surface area contributed by atoms with Crippen LogP contribution in [0.4, 0.5) is 0 Å². The number of morpholine rings is 1. The third kappa shape index (κ3) is 5.65. The number of hydrogen-bond acceptors (Lipinski definition) is 7. The summed E-state index contributed by atoms with van der Waals surface area (Å²) in [5, 5.41) is 10.5. The quantitative estimate of drug-likeness (QED) is 0.688. The zero-order valence-corrected chi connectivity index (χ0v) is 18.2. The lowest BCUT2D eigenvalue weighted by Gasteiger charge is -2.38. The van der Waals surface area contributed by atoms with Crippen molar-refractivity contribution in [2.45, 2.75) is 31.9 Å². The highest BCUT2D eigenvalue weighted by molar-refractivity contribution is 5.43. The van der Waals surface area contributed by atoms with E-state index in [1.54, 1.807) is 7.11 Å². The monoisotopic (exact) mass is 420 g/mol. The number of likely N-dealkylation sites (tertiary alicyclic amines) is 1. The Labute approximate surface area is 179 Å². The molecule has 168 valence electrons. The van der Waals surface area contributed by atoms with Crippen LogP contribution in [0.5, 0.6) is 11.5 Å². The summed E-state index contributed by atoms with van der Waals surface area (Å²) in [4.78, 5) is 4.73. The van der Waals surface area contributed by atoms with Gasteiger partial charge in [-0.1, -0.05) is 6.07 Å². The van der Waals surface area contributed by atoms with E-state index >= 15 is 0 Å². The van der Waals surface area contributed by atoms with Crippen molar-refractivity contribution in [1.29, 1.82) is 0 Å². The summed E-state index contributed by atoms with van der Waals surface area (Å²) >= 11 is 0. The van der Waals surface area contributed by atoms with Crippen LogP contribution >= 0.6 is 0 Å². The van der Waals surface area contributed by atoms with E-state index in [1.807, 2.05) is 12.1 Å². The van der Waals surface area contributed by atoms with Crippen molar-refractivity contribution in [3.05, 3.63) is 23.8 Å². The molecule has 1 N–H and O–H groups in total. The van der Waals surface area contributed by atoms with Crippen LogP contribution in [0.15, 0.2) is 18.2 Å². The van der Waals surface area contributed by atoms with E-state index in [1.165, 1.54) is 24.8 Å². The highest BCUT2D eigenvalue weighted by atomic mass is 16.5. The van der Waals surface area contributed by atoms with Crippen LogP contribution in [0.1, 0.15) is 24.8 Å². The molecule has 3 heterocycles. The average Bonchev–Trinajstić information content (AvgIpc) is 3.23. The Balaban J connectivity index is 1.23. The predicted molar refractivity (Wildman–Crippen MR) is 114 cm³/mol. The van der Waals surface area contributed by atoms with Gasteiger partial charge in [0.1, 0.15) is 12.7 Å². The van der Waals surface area contributed by atoms with Gasteiger partial charge in [0.15, 0.2) is 11.5 Å². The zero-order valence-electron chi connectivity index (χ0n) is 18.2. The van der Waals surface area contributed by atoms with E-state index in [4.69, 9.17) is 18.9 Å².